The molecule has 2 nitrogen and oxygen atoms in total. The van der Waals surface area contributed by atoms with E-state index in [-0.39, 0.29) is 6.10 Å². The van der Waals surface area contributed by atoms with Crippen molar-refractivity contribution in [3.05, 3.63) is 0 Å². The lowest BCUT2D eigenvalue weighted by atomic mass is 9.90. The summed E-state index contributed by atoms with van der Waals surface area (Å²) in [6.45, 7) is 2.69. The molecule has 68 valence electrons. The van der Waals surface area contributed by atoms with Gasteiger partial charge in [0.15, 0.2) is 0 Å². The smallest absolute Gasteiger partial charge is 0.129 e. The zero-order chi connectivity index (χ0) is 9.03. The predicted octanol–water partition coefficient (Wildman–Crippen LogP) is 1.33. The minimum Gasteiger partial charge on any atom is -0.378 e. The van der Waals surface area contributed by atoms with Crippen molar-refractivity contribution in [1.29, 1.82) is 0 Å². The highest BCUT2D eigenvalue weighted by Crippen LogP contribution is 2.26. The molecule has 0 aromatic rings. The molecule has 2 unspecified atom stereocenters. The SMILES string of the molecule is C#CC1(O)CCOC(CCC)C1. The fourth-order valence-electron chi connectivity index (χ4n) is 1.57. The van der Waals surface area contributed by atoms with Crippen molar-refractivity contribution in [2.24, 2.45) is 0 Å². The number of aliphatic hydroxyl groups is 1. The van der Waals surface area contributed by atoms with Crippen molar-refractivity contribution >= 4 is 0 Å². The first-order valence-electron chi connectivity index (χ1n) is 4.52. The summed E-state index contributed by atoms with van der Waals surface area (Å²) in [5.41, 5.74) is -0.905. The molecule has 1 rings (SSSR count). The molecule has 2 heteroatoms. The summed E-state index contributed by atoms with van der Waals surface area (Å²) in [4.78, 5) is 0. The summed E-state index contributed by atoms with van der Waals surface area (Å²) in [6.07, 6.45) is 8.63. The molecule has 0 aromatic heterocycles. The van der Waals surface area contributed by atoms with E-state index in [0.717, 1.165) is 12.8 Å². The van der Waals surface area contributed by atoms with Gasteiger partial charge in [-0.05, 0) is 6.42 Å². The average molecular weight is 168 g/mol. The van der Waals surface area contributed by atoms with Gasteiger partial charge < -0.3 is 9.84 Å². The van der Waals surface area contributed by atoms with Crippen LogP contribution in [-0.4, -0.2) is 23.4 Å². The molecule has 1 N–H and O–H groups in total. The standard InChI is InChI=1S/C10H16O2/c1-3-5-9-8-10(11,4-2)6-7-12-9/h2,9,11H,3,5-8H2,1H3. The Hall–Kier alpha value is -0.520. The largest absolute Gasteiger partial charge is 0.378 e. The van der Waals surface area contributed by atoms with Gasteiger partial charge in [-0.2, -0.15) is 0 Å². The Balaban J connectivity index is 2.46. The molecule has 12 heavy (non-hydrogen) atoms. The lowest BCUT2D eigenvalue weighted by Crippen LogP contribution is -2.39. The van der Waals surface area contributed by atoms with E-state index in [1.807, 2.05) is 0 Å². The van der Waals surface area contributed by atoms with Crippen LogP contribution < -0.4 is 0 Å². The lowest BCUT2D eigenvalue weighted by Gasteiger charge is -2.33. The zero-order valence-electron chi connectivity index (χ0n) is 7.55. The van der Waals surface area contributed by atoms with Crippen LogP contribution in [0, 0.1) is 12.3 Å². The van der Waals surface area contributed by atoms with Gasteiger partial charge in [0, 0.05) is 12.8 Å². The molecule has 2 atom stereocenters. The highest BCUT2D eigenvalue weighted by atomic mass is 16.5. The Morgan fingerprint density at radius 1 is 1.75 bits per heavy atom. The summed E-state index contributed by atoms with van der Waals surface area (Å²) >= 11 is 0. The van der Waals surface area contributed by atoms with E-state index in [1.165, 1.54) is 0 Å². The molecule has 1 fully saturated rings. The molecule has 0 aliphatic carbocycles. The second kappa shape index (κ2) is 3.93. The molecule has 0 bridgehead atoms. The lowest BCUT2D eigenvalue weighted by molar-refractivity contribution is -0.0765. The first-order chi connectivity index (χ1) is 5.70. The molecule has 0 saturated carbocycles. The minimum absolute atomic E-state index is 0.157. The maximum Gasteiger partial charge on any atom is 0.129 e. The van der Waals surface area contributed by atoms with Gasteiger partial charge in [0.2, 0.25) is 0 Å². The molecular formula is C10H16O2. The Morgan fingerprint density at radius 2 is 2.50 bits per heavy atom. The number of hydrogen-bond acceptors (Lipinski definition) is 2. The fraction of sp³-hybridized carbons (Fsp3) is 0.800. The second-order valence-electron chi connectivity index (χ2n) is 3.41. The van der Waals surface area contributed by atoms with Crippen LogP contribution in [0.2, 0.25) is 0 Å². The molecule has 0 radical (unpaired) electrons. The van der Waals surface area contributed by atoms with Crippen molar-refractivity contribution in [3.8, 4) is 12.3 Å². The van der Waals surface area contributed by atoms with Gasteiger partial charge >= 0.3 is 0 Å². The topological polar surface area (TPSA) is 29.5 Å². The highest BCUT2D eigenvalue weighted by Gasteiger charge is 2.32. The van der Waals surface area contributed by atoms with E-state index in [2.05, 4.69) is 12.8 Å². The Kier molecular flexibility index (Phi) is 3.13. The molecular weight excluding hydrogens is 152 g/mol. The van der Waals surface area contributed by atoms with E-state index in [4.69, 9.17) is 11.2 Å². The third-order valence-corrected chi connectivity index (χ3v) is 2.31. The van der Waals surface area contributed by atoms with Crippen molar-refractivity contribution in [2.45, 2.75) is 44.3 Å². The monoisotopic (exact) mass is 168 g/mol. The summed E-state index contributed by atoms with van der Waals surface area (Å²) < 4.78 is 5.46. The van der Waals surface area contributed by atoms with Gasteiger partial charge in [0.05, 0.1) is 12.7 Å². The maximum absolute atomic E-state index is 9.76. The van der Waals surface area contributed by atoms with Crippen molar-refractivity contribution in [2.75, 3.05) is 6.61 Å². The first-order valence-corrected chi connectivity index (χ1v) is 4.52. The van der Waals surface area contributed by atoms with Crippen LogP contribution in [0.3, 0.4) is 0 Å². The molecule has 1 heterocycles. The quantitative estimate of drug-likeness (QED) is 0.630. The minimum atomic E-state index is -0.905. The van der Waals surface area contributed by atoms with Crippen LogP contribution in [0.5, 0.6) is 0 Å². The Labute approximate surface area is 73.9 Å². The zero-order valence-corrected chi connectivity index (χ0v) is 7.55. The van der Waals surface area contributed by atoms with Crippen LogP contribution in [0.1, 0.15) is 32.6 Å². The fourth-order valence-corrected chi connectivity index (χ4v) is 1.57. The van der Waals surface area contributed by atoms with Gasteiger partial charge in [-0.25, -0.2) is 0 Å². The van der Waals surface area contributed by atoms with Crippen LogP contribution in [0.25, 0.3) is 0 Å². The maximum atomic E-state index is 9.76. The van der Waals surface area contributed by atoms with Crippen LogP contribution in [-0.2, 0) is 4.74 Å². The summed E-state index contributed by atoms with van der Waals surface area (Å²) in [5, 5.41) is 9.76. The third-order valence-electron chi connectivity index (χ3n) is 2.31. The Morgan fingerprint density at radius 3 is 3.08 bits per heavy atom. The van der Waals surface area contributed by atoms with Crippen molar-refractivity contribution in [1.82, 2.24) is 0 Å². The van der Waals surface area contributed by atoms with E-state index in [0.29, 0.717) is 19.4 Å². The predicted molar refractivity (Wildman–Crippen MR) is 47.7 cm³/mol. The molecule has 0 spiro atoms. The normalized spacial score (nSPS) is 35.9. The van der Waals surface area contributed by atoms with E-state index >= 15 is 0 Å². The van der Waals surface area contributed by atoms with Gasteiger partial charge in [-0.1, -0.05) is 19.3 Å². The van der Waals surface area contributed by atoms with Crippen LogP contribution in [0.15, 0.2) is 0 Å². The highest BCUT2D eigenvalue weighted by molar-refractivity contribution is 5.09. The first kappa shape index (κ1) is 9.57. The van der Waals surface area contributed by atoms with Gasteiger partial charge in [-0.15, -0.1) is 6.42 Å². The van der Waals surface area contributed by atoms with E-state index in [9.17, 15) is 5.11 Å². The van der Waals surface area contributed by atoms with Gasteiger partial charge in [-0.3, -0.25) is 0 Å². The Bertz CT molecular complexity index is 181. The second-order valence-corrected chi connectivity index (χ2v) is 3.41. The van der Waals surface area contributed by atoms with E-state index < -0.39 is 5.60 Å². The average Bonchev–Trinajstić information content (AvgIpc) is 2.05. The molecule has 1 saturated heterocycles. The summed E-state index contributed by atoms with van der Waals surface area (Å²) in [7, 11) is 0. The van der Waals surface area contributed by atoms with Crippen LogP contribution in [0.4, 0.5) is 0 Å². The van der Waals surface area contributed by atoms with Gasteiger partial charge in [0.25, 0.3) is 0 Å². The molecule has 1 aliphatic heterocycles. The van der Waals surface area contributed by atoms with Crippen molar-refractivity contribution in [3.63, 3.8) is 0 Å². The number of ether oxygens (including phenoxy) is 1. The van der Waals surface area contributed by atoms with E-state index in [1.54, 1.807) is 0 Å². The molecule has 0 amide bonds. The summed E-state index contributed by atoms with van der Waals surface area (Å²) in [5.74, 6) is 2.44. The molecule has 0 aromatic carbocycles. The molecule has 1 aliphatic rings. The van der Waals surface area contributed by atoms with Crippen molar-refractivity contribution < 1.29 is 9.84 Å². The number of terminal acetylenes is 1. The third kappa shape index (κ3) is 2.23. The van der Waals surface area contributed by atoms with Gasteiger partial charge in [0.1, 0.15) is 5.60 Å². The number of hydrogen-bond donors (Lipinski definition) is 1. The number of rotatable bonds is 2. The van der Waals surface area contributed by atoms with Crippen LogP contribution >= 0.6 is 0 Å². The summed E-state index contributed by atoms with van der Waals surface area (Å²) in [6, 6.07) is 0.